The van der Waals surface area contributed by atoms with E-state index < -0.39 is 0 Å². The van der Waals surface area contributed by atoms with Crippen LogP contribution >= 0.6 is 12.4 Å². The third-order valence-corrected chi connectivity index (χ3v) is 3.33. The molecule has 0 atom stereocenters. The van der Waals surface area contributed by atoms with Gasteiger partial charge in [0.15, 0.2) is 0 Å². The number of nitrogens with zero attached hydrogens (tertiary/aromatic N) is 1. The molecule has 1 aromatic rings. The zero-order valence-electron chi connectivity index (χ0n) is 10.6. The van der Waals surface area contributed by atoms with Crippen molar-refractivity contribution in [3.8, 4) is 0 Å². The highest BCUT2D eigenvalue weighted by Crippen LogP contribution is 2.17. The summed E-state index contributed by atoms with van der Waals surface area (Å²) in [5.74, 6) is 0.0880. The Morgan fingerprint density at radius 3 is 2.17 bits per heavy atom. The second-order valence-corrected chi connectivity index (χ2v) is 4.65. The van der Waals surface area contributed by atoms with E-state index in [2.05, 4.69) is 0 Å². The number of carbonyl (C=O) groups excluding carboxylic acids is 1. The average molecular weight is 269 g/mol. The van der Waals surface area contributed by atoms with Gasteiger partial charge in [-0.25, -0.2) is 0 Å². The zero-order chi connectivity index (χ0) is 12.1. The second kappa shape index (κ2) is 7.27. The summed E-state index contributed by atoms with van der Waals surface area (Å²) in [6.45, 7) is 1.74. The highest BCUT2D eigenvalue weighted by molar-refractivity contribution is 5.99. The second-order valence-electron chi connectivity index (χ2n) is 4.65. The van der Waals surface area contributed by atoms with Gasteiger partial charge in [0.1, 0.15) is 0 Å². The van der Waals surface area contributed by atoms with Gasteiger partial charge in [0.05, 0.1) is 5.56 Å². The van der Waals surface area contributed by atoms with E-state index in [1.54, 1.807) is 6.07 Å². The van der Waals surface area contributed by atoms with Gasteiger partial charge in [-0.2, -0.15) is 0 Å². The lowest BCUT2D eigenvalue weighted by Crippen LogP contribution is -2.34. The number of rotatable bonds is 1. The predicted octanol–water partition coefficient (Wildman–Crippen LogP) is 3.10. The van der Waals surface area contributed by atoms with Crippen molar-refractivity contribution in [2.24, 2.45) is 0 Å². The number of nitrogen functional groups attached to an aromatic ring is 1. The molecule has 0 radical (unpaired) electrons. The van der Waals surface area contributed by atoms with E-state index >= 15 is 0 Å². The molecule has 0 aliphatic carbocycles. The Morgan fingerprint density at radius 2 is 1.56 bits per heavy atom. The summed E-state index contributed by atoms with van der Waals surface area (Å²) in [5, 5.41) is 0. The molecular weight excluding hydrogens is 248 g/mol. The van der Waals surface area contributed by atoms with E-state index in [9.17, 15) is 4.79 Å². The first-order valence-electron chi connectivity index (χ1n) is 6.43. The van der Waals surface area contributed by atoms with Gasteiger partial charge in [0.25, 0.3) is 5.91 Å². The number of para-hydroxylation sites is 1. The maximum Gasteiger partial charge on any atom is 0.255 e. The monoisotopic (exact) mass is 268 g/mol. The largest absolute Gasteiger partial charge is 0.398 e. The lowest BCUT2D eigenvalue weighted by atomic mass is 10.1. The highest BCUT2D eigenvalue weighted by atomic mass is 35.5. The summed E-state index contributed by atoms with van der Waals surface area (Å²) in [7, 11) is 0. The average Bonchev–Trinajstić information content (AvgIpc) is 2.28. The van der Waals surface area contributed by atoms with Crippen molar-refractivity contribution in [3.05, 3.63) is 29.8 Å². The first-order valence-corrected chi connectivity index (χ1v) is 6.43. The van der Waals surface area contributed by atoms with Crippen LogP contribution in [0.3, 0.4) is 0 Å². The van der Waals surface area contributed by atoms with Crippen molar-refractivity contribution in [2.45, 2.75) is 32.1 Å². The van der Waals surface area contributed by atoms with Crippen LogP contribution in [0.4, 0.5) is 5.69 Å². The molecule has 2 rings (SSSR count). The molecule has 0 bridgehead atoms. The van der Waals surface area contributed by atoms with E-state index in [4.69, 9.17) is 5.73 Å². The summed E-state index contributed by atoms with van der Waals surface area (Å²) in [4.78, 5) is 14.3. The van der Waals surface area contributed by atoms with Crippen molar-refractivity contribution >= 4 is 24.0 Å². The minimum Gasteiger partial charge on any atom is -0.398 e. The molecule has 1 aliphatic heterocycles. The molecule has 1 heterocycles. The molecular formula is C14H21ClN2O. The predicted molar refractivity (Wildman–Crippen MR) is 77.1 cm³/mol. The molecule has 0 aromatic heterocycles. The van der Waals surface area contributed by atoms with Crippen LogP contribution in [0, 0.1) is 0 Å². The Balaban J connectivity index is 0.00000162. The number of halogens is 1. The van der Waals surface area contributed by atoms with Gasteiger partial charge >= 0.3 is 0 Å². The quantitative estimate of drug-likeness (QED) is 0.796. The first-order chi connectivity index (χ1) is 8.29. The van der Waals surface area contributed by atoms with Crippen LogP contribution in [0.15, 0.2) is 24.3 Å². The molecule has 18 heavy (non-hydrogen) atoms. The van der Waals surface area contributed by atoms with Gasteiger partial charge < -0.3 is 10.6 Å². The molecule has 1 aliphatic rings. The number of amides is 1. The molecule has 3 nitrogen and oxygen atoms in total. The molecule has 1 amide bonds. The smallest absolute Gasteiger partial charge is 0.255 e. The van der Waals surface area contributed by atoms with Crippen LogP contribution < -0.4 is 5.73 Å². The van der Waals surface area contributed by atoms with Gasteiger partial charge in [-0.1, -0.05) is 31.4 Å². The maximum atomic E-state index is 12.3. The number of benzene rings is 1. The lowest BCUT2D eigenvalue weighted by Gasteiger charge is -2.25. The third kappa shape index (κ3) is 3.64. The number of hydrogen-bond acceptors (Lipinski definition) is 2. The molecule has 100 valence electrons. The fraction of sp³-hybridized carbons (Fsp3) is 0.500. The van der Waals surface area contributed by atoms with Crippen LogP contribution in [0.5, 0.6) is 0 Å². The maximum absolute atomic E-state index is 12.3. The Bertz CT molecular complexity index is 387. The van der Waals surface area contributed by atoms with Crippen LogP contribution in [0.1, 0.15) is 42.5 Å². The highest BCUT2D eigenvalue weighted by Gasteiger charge is 2.17. The number of likely N-dealkylation sites (tertiary alicyclic amines) is 1. The number of nitrogens with two attached hydrogens (primary N) is 1. The normalized spacial score (nSPS) is 16.3. The van der Waals surface area contributed by atoms with Gasteiger partial charge in [0, 0.05) is 18.8 Å². The van der Waals surface area contributed by atoms with Crippen molar-refractivity contribution in [2.75, 3.05) is 18.8 Å². The van der Waals surface area contributed by atoms with E-state index in [0.29, 0.717) is 11.3 Å². The van der Waals surface area contributed by atoms with Gasteiger partial charge in [-0.3, -0.25) is 4.79 Å². The molecule has 2 N–H and O–H groups in total. The van der Waals surface area contributed by atoms with Crippen molar-refractivity contribution in [3.63, 3.8) is 0 Å². The number of carbonyl (C=O) groups is 1. The van der Waals surface area contributed by atoms with E-state index in [0.717, 1.165) is 25.9 Å². The Hall–Kier alpha value is -1.22. The van der Waals surface area contributed by atoms with Crippen molar-refractivity contribution in [1.29, 1.82) is 0 Å². The number of hydrogen-bond donors (Lipinski definition) is 1. The van der Waals surface area contributed by atoms with Crippen LogP contribution in [-0.2, 0) is 0 Å². The molecule has 4 heteroatoms. The molecule has 1 fully saturated rings. The van der Waals surface area contributed by atoms with E-state index in [-0.39, 0.29) is 18.3 Å². The van der Waals surface area contributed by atoms with Crippen molar-refractivity contribution < 1.29 is 4.79 Å². The van der Waals surface area contributed by atoms with Crippen LogP contribution in [-0.4, -0.2) is 23.9 Å². The fourth-order valence-corrected chi connectivity index (χ4v) is 2.31. The Morgan fingerprint density at radius 1 is 1.00 bits per heavy atom. The van der Waals surface area contributed by atoms with Gasteiger partial charge in [-0.15, -0.1) is 12.4 Å². The fourth-order valence-electron chi connectivity index (χ4n) is 2.31. The standard InChI is InChI=1S/C14H20N2O.ClH/c15-13-9-5-4-8-12(13)14(17)16-10-6-2-1-3-7-11-16;/h4-5,8-9H,1-3,6-7,10-11,15H2;1H. The van der Waals surface area contributed by atoms with Crippen LogP contribution in [0.25, 0.3) is 0 Å². The summed E-state index contributed by atoms with van der Waals surface area (Å²) in [6, 6.07) is 7.33. The summed E-state index contributed by atoms with van der Waals surface area (Å²) in [6.07, 6.45) is 5.98. The summed E-state index contributed by atoms with van der Waals surface area (Å²) in [5.41, 5.74) is 7.08. The summed E-state index contributed by atoms with van der Waals surface area (Å²) >= 11 is 0. The lowest BCUT2D eigenvalue weighted by molar-refractivity contribution is 0.0743. The summed E-state index contributed by atoms with van der Waals surface area (Å²) < 4.78 is 0. The molecule has 1 saturated heterocycles. The molecule has 0 spiro atoms. The topological polar surface area (TPSA) is 46.3 Å². The Kier molecular flexibility index (Phi) is 5.99. The van der Waals surface area contributed by atoms with Gasteiger partial charge in [-0.05, 0) is 25.0 Å². The minimum absolute atomic E-state index is 0. The van der Waals surface area contributed by atoms with E-state index in [1.807, 2.05) is 23.1 Å². The Labute approximate surface area is 115 Å². The molecule has 1 aromatic carbocycles. The molecule has 0 unspecified atom stereocenters. The minimum atomic E-state index is 0. The van der Waals surface area contributed by atoms with Crippen LogP contribution in [0.2, 0.25) is 0 Å². The first kappa shape index (κ1) is 14.8. The van der Waals surface area contributed by atoms with E-state index in [1.165, 1.54) is 19.3 Å². The van der Waals surface area contributed by atoms with Gasteiger partial charge in [0.2, 0.25) is 0 Å². The number of anilines is 1. The van der Waals surface area contributed by atoms with Crippen molar-refractivity contribution in [1.82, 2.24) is 4.90 Å². The zero-order valence-corrected chi connectivity index (χ0v) is 11.4. The molecule has 0 saturated carbocycles. The SMILES string of the molecule is Cl.Nc1ccccc1C(=O)N1CCCCCCC1. The third-order valence-electron chi connectivity index (χ3n) is 3.33.